The quantitative estimate of drug-likeness (QED) is 0.722. The van der Waals surface area contributed by atoms with Gasteiger partial charge >= 0.3 is 0 Å². The highest BCUT2D eigenvalue weighted by atomic mass is 127. The fourth-order valence-corrected chi connectivity index (χ4v) is 3.28. The average molecular weight is 379 g/mol. The molecule has 0 aromatic heterocycles. The van der Waals surface area contributed by atoms with E-state index in [-0.39, 0.29) is 6.04 Å². The topological polar surface area (TPSA) is 12.0 Å². The Balaban J connectivity index is 2.44. The van der Waals surface area contributed by atoms with E-state index in [0.717, 1.165) is 13.0 Å². The molecule has 20 heavy (non-hydrogen) atoms. The van der Waals surface area contributed by atoms with Crippen LogP contribution in [0.25, 0.3) is 0 Å². The molecule has 0 spiro atoms. The zero-order valence-corrected chi connectivity index (χ0v) is 14.6. The van der Waals surface area contributed by atoms with Crippen LogP contribution in [-0.2, 0) is 0 Å². The monoisotopic (exact) mass is 379 g/mol. The van der Waals surface area contributed by atoms with Crippen molar-refractivity contribution in [1.29, 1.82) is 0 Å². The molecule has 1 nitrogen and oxygen atoms in total. The molecule has 0 saturated heterocycles. The summed E-state index contributed by atoms with van der Waals surface area (Å²) in [6.07, 6.45) is 1.14. The molecule has 0 aliphatic heterocycles. The van der Waals surface area contributed by atoms with Crippen molar-refractivity contribution in [2.45, 2.75) is 33.2 Å². The first-order chi connectivity index (χ1) is 9.61. The lowest BCUT2D eigenvalue weighted by Crippen LogP contribution is -2.24. The minimum absolute atomic E-state index is 0.279. The van der Waals surface area contributed by atoms with Gasteiger partial charge < -0.3 is 5.32 Å². The van der Waals surface area contributed by atoms with E-state index < -0.39 is 0 Å². The Morgan fingerprint density at radius 3 is 2.30 bits per heavy atom. The molecule has 1 N–H and O–H groups in total. The van der Waals surface area contributed by atoms with Crippen LogP contribution in [0.3, 0.4) is 0 Å². The largest absolute Gasteiger partial charge is 0.306 e. The van der Waals surface area contributed by atoms with E-state index in [1.165, 1.54) is 25.8 Å². The van der Waals surface area contributed by atoms with Crippen LogP contribution in [0.1, 0.15) is 41.6 Å². The van der Waals surface area contributed by atoms with Crippen LogP contribution in [-0.4, -0.2) is 6.54 Å². The fourth-order valence-electron chi connectivity index (χ4n) is 2.58. The van der Waals surface area contributed by atoms with E-state index >= 15 is 0 Å². The van der Waals surface area contributed by atoms with Crippen molar-refractivity contribution in [3.8, 4) is 0 Å². The number of nitrogens with one attached hydrogen (secondary N) is 1. The Hall–Kier alpha value is -0.870. The second kappa shape index (κ2) is 7.23. The molecule has 0 saturated carbocycles. The van der Waals surface area contributed by atoms with Crippen molar-refractivity contribution in [3.63, 3.8) is 0 Å². The molecule has 0 aliphatic carbocycles. The lowest BCUT2D eigenvalue weighted by molar-refractivity contribution is 0.596. The summed E-state index contributed by atoms with van der Waals surface area (Å²) in [4.78, 5) is 0. The van der Waals surface area contributed by atoms with Gasteiger partial charge in [0, 0.05) is 3.57 Å². The van der Waals surface area contributed by atoms with Gasteiger partial charge in [-0.25, -0.2) is 0 Å². The Labute approximate surface area is 135 Å². The summed E-state index contributed by atoms with van der Waals surface area (Å²) in [6, 6.07) is 15.7. The van der Waals surface area contributed by atoms with Gasteiger partial charge in [-0.15, -0.1) is 0 Å². The molecule has 0 amide bonds. The normalized spacial score (nSPS) is 12.4. The summed E-state index contributed by atoms with van der Waals surface area (Å²) in [5.74, 6) is 0. The molecule has 1 unspecified atom stereocenters. The van der Waals surface area contributed by atoms with E-state index in [4.69, 9.17) is 0 Å². The van der Waals surface area contributed by atoms with Crippen LogP contribution < -0.4 is 5.32 Å². The Morgan fingerprint density at radius 2 is 1.70 bits per heavy atom. The second-order valence-electron chi connectivity index (χ2n) is 5.33. The average Bonchev–Trinajstić information content (AvgIpc) is 2.40. The predicted octanol–water partition coefficient (Wildman–Crippen LogP) is 5.00. The van der Waals surface area contributed by atoms with E-state index in [0.29, 0.717) is 0 Å². The highest BCUT2D eigenvalue weighted by molar-refractivity contribution is 14.1. The van der Waals surface area contributed by atoms with Crippen molar-refractivity contribution in [1.82, 2.24) is 5.32 Å². The lowest BCUT2D eigenvalue weighted by atomic mass is 9.95. The SMILES string of the molecule is CCCNC(c1cc(C)cc(C)c1)c1ccccc1I. The Bertz CT molecular complexity index is 557. The van der Waals surface area contributed by atoms with Gasteiger partial charge in [-0.05, 0) is 66.6 Å². The molecule has 0 heterocycles. The molecular formula is C18H22IN. The zero-order chi connectivity index (χ0) is 14.5. The Kier molecular flexibility index (Phi) is 5.61. The van der Waals surface area contributed by atoms with Crippen LogP contribution in [0, 0.1) is 17.4 Å². The molecule has 0 bridgehead atoms. The second-order valence-corrected chi connectivity index (χ2v) is 6.49. The van der Waals surface area contributed by atoms with E-state index in [1.54, 1.807) is 0 Å². The molecule has 2 aromatic carbocycles. The fraction of sp³-hybridized carbons (Fsp3) is 0.333. The first-order valence-corrected chi connectivity index (χ1v) is 8.25. The van der Waals surface area contributed by atoms with Crippen LogP contribution >= 0.6 is 22.6 Å². The number of aryl methyl sites for hydroxylation is 2. The number of hydrogen-bond acceptors (Lipinski definition) is 1. The minimum Gasteiger partial charge on any atom is -0.306 e. The van der Waals surface area contributed by atoms with Crippen molar-refractivity contribution in [2.24, 2.45) is 0 Å². The summed E-state index contributed by atoms with van der Waals surface area (Å²) >= 11 is 2.43. The van der Waals surface area contributed by atoms with Gasteiger partial charge in [-0.2, -0.15) is 0 Å². The van der Waals surface area contributed by atoms with Crippen molar-refractivity contribution in [3.05, 3.63) is 68.3 Å². The molecular weight excluding hydrogens is 357 g/mol. The molecule has 2 heteroatoms. The number of hydrogen-bond donors (Lipinski definition) is 1. The van der Waals surface area contributed by atoms with Crippen molar-refractivity contribution in [2.75, 3.05) is 6.54 Å². The molecule has 2 rings (SSSR count). The maximum absolute atomic E-state index is 3.69. The van der Waals surface area contributed by atoms with Crippen molar-refractivity contribution >= 4 is 22.6 Å². The molecule has 0 aliphatic rings. The zero-order valence-electron chi connectivity index (χ0n) is 12.4. The molecule has 1 atom stereocenters. The summed E-state index contributed by atoms with van der Waals surface area (Å²) in [6.45, 7) is 7.58. The van der Waals surface area contributed by atoms with Crippen LogP contribution in [0.15, 0.2) is 42.5 Å². The maximum Gasteiger partial charge on any atom is 0.0587 e. The minimum atomic E-state index is 0.279. The third-order valence-corrected chi connectivity index (χ3v) is 4.37. The predicted molar refractivity (Wildman–Crippen MR) is 95.2 cm³/mol. The maximum atomic E-state index is 3.69. The van der Waals surface area contributed by atoms with Gasteiger partial charge in [0.1, 0.15) is 0 Å². The van der Waals surface area contributed by atoms with E-state index in [9.17, 15) is 0 Å². The third kappa shape index (κ3) is 3.83. The van der Waals surface area contributed by atoms with E-state index in [2.05, 4.69) is 91.1 Å². The van der Waals surface area contributed by atoms with Crippen LogP contribution in [0.5, 0.6) is 0 Å². The Morgan fingerprint density at radius 1 is 1.05 bits per heavy atom. The molecule has 106 valence electrons. The molecule has 2 aromatic rings. The summed E-state index contributed by atoms with van der Waals surface area (Å²) in [5, 5.41) is 3.69. The highest BCUT2D eigenvalue weighted by Crippen LogP contribution is 2.27. The van der Waals surface area contributed by atoms with Gasteiger partial charge in [-0.1, -0.05) is 54.4 Å². The molecule has 0 radical (unpaired) electrons. The van der Waals surface area contributed by atoms with Crippen LogP contribution in [0.4, 0.5) is 0 Å². The first-order valence-electron chi connectivity index (χ1n) is 7.18. The summed E-state index contributed by atoms with van der Waals surface area (Å²) < 4.78 is 1.32. The van der Waals surface area contributed by atoms with Gasteiger partial charge in [0.05, 0.1) is 6.04 Å². The third-order valence-electron chi connectivity index (χ3n) is 3.39. The summed E-state index contributed by atoms with van der Waals surface area (Å²) in [5.41, 5.74) is 5.38. The smallest absolute Gasteiger partial charge is 0.0587 e. The number of halogens is 1. The highest BCUT2D eigenvalue weighted by Gasteiger charge is 2.16. The van der Waals surface area contributed by atoms with Gasteiger partial charge in [0.25, 0.3) is 0 Å². The summed E-state index contributed by atoms with van der Waals surface area (Å²) in [7, 11) is 0. The number of rotatable bonds is 5. The van der Waals surface area contributed by atoms with Gasteiger partial charge in [-0.3, -0.25) is 0 Å². The van der Waals surface area contributed by atoms with Gasteiger partial charge in [0.2, 0.25) is 0 Å². The van der Waals surface area contributed by atoms with Gasteiger partial charge in [0.15, 0.2) is 0 Å². The lowest BCUT2D eigenvalue weighted by Gasteiger charge is -2.22. The number of benzene rings is 2. The van der Waals surface area contributed by atoms with Crippen molar-refractivity contribution < 1.29 is 0 Å². The standard InChI is InChI=1S/C18H22IN/c1-4-9-20-18(16-7-5-6-8-17(16)19)15-11-13(2)10-14(3)12-15/h5-8,10-12,18,20H,4,9H2,1-3H3. The van der Waals surface area contributed by atoms with Crippen LogP contribution in [0.2, 0.25) is 0 Å². The molecule has 0 fully saturated rings. The van der Waals surface area contributed by atoms with E-state index in [1.807, 2.05) is 0 Å². The first kappa shape index (κ1) is 15.5.